The van der Waals surface area contributed by atoms with Crippen molar-refractivity contribution in [1.29, 1.82) is 0 Å². The molecule has 37 heavy (non-hydrogen) atoms. The number of rotatable bonds is 5. The average molecular weight is 551 g/mol. The van der Waals surface area contributed by atoms with Crippen LogP contribution >= 0.6 is 11.6 Å². The largest absolute Gasteiger partial charge is 0.491 e. The normalized spacial score (nSPS) is 14.3. The summed E-state index contributed by atoms with van der Waals surface area (Å²) in [5.41, 5.74) is 1.06. The first kappa shape index (κ1) is 28.1. The van der Waals surface area contributed by atoms with E-state index in [9.17, 15) is 26.7 Å². The molecule has 9 nitrogen and oxygen atoms in total. The number of aromatic nitrogens is 3. The van der Waals surface area contributed by atoms with Crippen molar-refractivity contribution in [2.45, 2.75) is 31.4 Å². The van der Waals surface area contributed by atoms with Crippen molar-refractivity contribution in [2.75, 3.05) is 25.6 Å². The highest BCUT2D eigenvalue weighted by Crippen LogP contribution is 2.37. The summed E-state index contributed by atoms with van der Waals surface area (Å²) < 4.78 is 70.1. The molecular formula is C22H20ClF5N4O5. The Morgan fingerprint density at radius 2 is 1.86 bits per heavy atom. The fourth-order valence-corrected chi connectivity index (χ4v) is 3.70. The van der Waals surface area contributed by atoms with Crippen LogP contribution < -0.4 is 10.1 Å². The zero-order valence-corrected chi connectivity index (χ0v) is 19.8. The molecule has 0 bridgehead atoms. The third kappa shape index (κ3) is 6.83. The summed E-state index contributed by atoms with van der Waals surface area (Å²) in [5, 5.41) is 9.91. The van der Waals surface area contributed by atoms with Crippen LogP contribution in [0.5, 0.6) is 5.75 Å². The molecule has 0 radical (unpaired) electrons. The second kappa shape index (κ2) is 11.7. The molecule has 1 aliphatic rings. The third-order valence-corrected chi connectivity index (χ3v) is 5.59. The summed E-state index contributed by atoms with van der Waals surface area (Å²) in [6.07, 6.45) is -2.63. The summed E-state index contributed by atoms with van der Waals surface area (Å²) in [6, 6.07) is 3.86. The van der Waals surface area contributed by atoms with Gasteiger partial charge in [0.2, 0.25) is 0 Å². The number of carbonyl (C=O) groups excluding carboxylic acids is 1. The van der Waals surface area contributed by atoms with Gasteiger partial charge in [0.25, 0.3) is 12.3 Å². The summed E-state index contributed by atoms with van der Waals surface area (Å²) in [6.45, 7) is 1.37. The number of nitrogens with one attached hydrogen (secondary N) is 1. The number of anilines is 1. The molecule has 0 aliphatic carbocycles. The van der Waals surface area contributed by atoms with E-state index < -0.39 is 30.2 Å². The van der Waals surface area contributed by atoms with Crippen LogP contribution in [0.3, 0.4) is 0 Å². The topological polar surface area (TPSA) is 115 Å². The molecule has 1 amide bonds. The lowest BCUT2D eigenvalue weighted by molar-refractivity contribution is -0.192. The van der Waals surface area contributed by atoms with Crippen LogP contribution in [-0.2, 0) is 9.53 Å². The van der Waals surface area contributed by atoms with Crippen molar-refractivity contribution >= 4 is 34.8 Å². The lowest BCUT2D eigenvalue weighted by Gasteiger charge is -2.19. The standard InChI is InChI=1S/C20H19ClF2N4O3.C2HF3O2/c1-29-17-16(21)15(26-20(28)13-4-2-3-12(24-13)18(22)23)10-27-9-14(25-19(17)27)11-5-7-30-8-6-11;3-2(4,5)1(6)7/h2-4,9-11,18H,5-8H2,1H3,(H,26,28);(H,6,7). The number of hydrogen-bond acceptors (Lipinski definition) is 6. The Hall–Kier alpha value is -3.52. The molecule has 3 aromatic rings. The first-order valence-electron chi connectivity index (χ1n) is 10.6. The van der Waals surface area contributed by atoms with E-state index in [1.54, 1.807) is 10.6 Å². The van der Waals surface area contributed by atoms with E-state index in [4.69, 9.17) is 31.0 Å². The summed E-state index contributed by atoms with van der Waals surface area (Å²) >= 11 is 6.44. The van der Waals surface area contributed by atoms with Crippen LogP contribution in [-0.4, -0.2) is 57.9 Å². The van der Waals surface area contributed by atoms with E-state index in [0.29, 0.717) is 24.6 Å². The van der Waals surface area contributed by atoms with Gasteiger partial charge >= 0.3 is 12.1 Å². The van der Waals surface area contributed by atoms with Crippen molar-refractivity contribution in [1.82, 2.24) is 14.4 Å². The Bertz CT molecular complexity index is 1280. The Kier molecular flexibility index (Phi) is 8.86. The quantitative estimate of drug-likeness (QED) is 0.424. The molecule has 1 aliphatic heterocycles. The smallest absolute Gasteiger partial charge is 0.490 e. The number of carboxylic acid groups (broad SMARTS) is 1. The lowest BCUT2D eigenvalue weighted by atomic mass is 9.97. The number of amides is 1. The maximum Gasteiger partial charge on any atom is 0.490 e. The molecule has 1 fully saturated rings. The Labute approximate surface area is 211 Å². The van der Waals surface area contributed by atoms with E-state index in [2.05, 4.69) is 15.3 Å². The minimum Gasteiger partial charge on any atom is -0.491 e. The van der Waals surface area contributed by atoms with Gasteiger partial charge in [0.05, 0.1) is 18.5 Å². The van der Waals surface area contributed by atoms with E-state index in [0.717, 1.165) is 24.6 Å². The molecule has 2 N–H and O–H groups in total. The average Bonchev–Trinajstić information content (AvgIpc) is 3.28. The highest BCUT2D eigenvalue weighted by Gasteiger charge is 2.38. The Morgan fingerprint density at radius 3 is 2.43 bits per heavy atom. The number of hydrogen-bond donors (Lipinski definition) is 2. The molecule has 0 atom stereocenters. The summed E-state index contributed by atoms with van der Waals surface area (Å²) in [4.78, 5) is 29.8. The molecular weight excluding hydrogens is 531 g/mol. The number of halogens is 6. The lowest BCUT2D eigenvalue weighted by Crippen LogP contribution is -2.21. The molecule has 1 saturated heterocycles. The van der Waals surface area contributed by atoms with Gasteiger partial charge in [-0.2, -0.15) is 13.2 Å². The number of methoxy groups -OCH3 is 1. The predicted molar refractivity (Wildman–Crippen MR) is 120 cm³/mol. The van der Waals surface area contributed by atoms with Crippen molar-refractivity contribution in [3.05, 3.63) is 52.7 Å². The number of imidazole rings is 1. The molecule has 0 saturated carbocycles. The minimum absolute atomic E-state index is 0.142. The van der Waals surface area contributed by atoms with Gasteiger partial charge in [-0.3, -0.25) is 4.79 Å². The molecule has 200 valence electrons. The highest BCUT2D eigenvalue weighted by atomic mass is 35.5. The van der Waals surface area contributed by atoms with E-state index in [-0.39, 0.29) is 22.3 Å². The number of ether oxygens (including phenoxy) is 2. The van der Waals surface area contributed by atoms with Gasteiger partial charge in [-0.05, 0) is 25.0 Å². The first-order valence-corrected chi connectivity index (χ1v) is 11.0. The predicted octanol–water partition coefficient (Wildman–Crippen LogP) is 5.11. The molecule has 4 heterocycles. The number of fused-ring (bicyclic) bond motifs is 1. The van der Waals surface area contributed by atoms with Crippen molar-refractivity contribution in [3.63, 3.8) is 0 Å². The van der Waals surface area contributed by atoms with Gasteiger partial charge in [0.15, 0.2) is 11.4 Å². The fraction of sp³-hybridized carbons (Fsp3) is 0.364. The molecule has 0 spiro atoms. The number of nitrogens with zero attached hydrogens (tertiary/aromatic N) is 3. The van der Waals surface area contributed by atoms with Gasteiger partial charge in [0, 0.05) is 31.5 Å². The van der Waals surface area contributed by atoms with E-state index in [1.807, 2.05) is 6.20 Å². The zero-order valence-electron chi connectivity index (χ0n) is 19.1. The minimum atomic E-state index is -5.08. The maximum atomic E-state index is 12.9. The number of aliphatic carboxylic acids is 1. The highest BCUT2D eigenvalue weighted by molar-refractivity contribution is 6.36. The zero-order chi connectivity index (χ0) is 27.3. The molecule has 0 aromatic carbocycles. The second-order valence-electron chi connectivity index (χ2n) is 7.68. The van der Waals surface area contributed by atoms with Crippen molar-refractivity contribution in [2.24, 2.45) is 0 Å². The van der Waals surface area contributed by atoms with E-state index in [1.165, 1.54) is 19.2 Å². The molecule has 3 aromatic heterocycles. The molecule has 0 unspecified atom stereocenters. The molecule has 4 rings (SSSR count). The van der Waals surface area contributed by atoms with Gasteiger partial charge in [-0.1, -0.05) is 17.7 Å². The monoisotopic (exact) mass is 550 g/mol. The number of pyridine rings is 2. The van der Waals surface area contributed by atoms with Crippen LogP contribution in [0.15, 0.2) is 30.6 Å². The number of alkyl halides is 5. The SMILES string of the molecule is COc1c(Cl)c(NC(=O)c2cccc(C(F)F)n2)cn2cc(C3CCOCC3)nc12.O=C(O)C(F)(F)F. The first-order chi connectivity index (χ1) is 17.4. The fourth-order valence-electron chi connectivity index (χ4n) is 3.44. The second-order valence-corrected chi connectivity index (χ2v) is 8.06. The van der Waals surface area contributed by atoms with Crippen molar-refractivity contribution < 1.29 is 46.1 Å². The van der Waals surface area contributed by atoms with Crippen LogP contribution in [0.4, 0.5) is 27.6 Å². The van der Waals surface area contributed by atoms with Gasteiger partial charge < -0.3 is 24.3 Å². The van der Waals surface area contributed by atoms with Crippen LogP contribution in [0.25, 0.3) is 5.65 Å². The maximum absolute atomic E-state index is 12.9. The van der Waals surface area contributed by atoms with Crippen molar-refractivity contribution in [3.8, 4) is 5.75 Å². The summed E-state index contributed by atoms with van der Waals surface area (Å²) in [7, 11) is 1.46. The molecule has 15 heteroatoms. The number of carbonyl (C=O) groups is 2. The van der Waals surface area contributed by atoms with Gasteiger partial charge in [-0.15, -0.1) is 0 Å². The van der Waals surface area contributed by atoms with Gasteiger partial charge in [-0.25, -0.2) is 23.5 Å². The van der Waals surface area contributed by atoms with Gasteiger partial charge in [0.1, 0.15) is 16.4 Å². The Balaban J connectivity index is 0.000000479. The van der Waals surface area contributed by atoms with E-state index >= 15 is 0 Å². The summed E-state index contributed by atoms with van der Waals surface area (Å²) in [5.74, 6) is -2.85. The Morgan fingerprint density at radius 1 is 1.22 bits per heavy atom. The number of carboxylic acids is 1. The van der Waals surface area contributed by atoms with Crippen LogP contribution in [0.1, 0.15) is 47.1 Å². The van der Waals surface area contributed by atoms with Crippen LogP contribution in [0.2, 0.25) is 5.02 Å². The third-order valence-electron chi connectivity index (χ3n) is 5.22. The van der Waals surface area contributed by atoms with Crippen LogP contribution in [0, 0.1) is 0 Å².